The molecule has 17 heteroatoms. The number of anilines is 1. The number of alkyl halides is 2. The van der Waals surface area contributed by atoms with Crippen molar-refractivity contribution in [3.05, 3.63) is 52.0 Å². The van der Waals surface area contributed by atoms with E-state index in [0.29, 0.717) is 4.57 Å². The molecule has 1 aliphatic heterocycles. The van der Waals surface area contributed by atoms with E-state index in [-0.39, 0.29) is 16.6 Å². The maximum absolute atomic E-state index is 14.5. The number of para-hydroxylation sites is 1. The summed E-state index contributed by atoms with van der Waals surface area (Å²) in [5.74, 6) is -0.837. The van der Waals surface area contributed by atoms with Crippen molar-refractivity contribution < 1.29 is 42.3 Å². The Balaban J connectivity index is 1.92. The van der Waals surface area contributed by atoms with Gasteiger partial charge in [-0.2, -0.15) is 4.98 Å². The van der Waals surface area contributed by atoms with Gasteiger partial charge in [0.15, 0.2) is 11.8 Å². The minimum absolute atomic E-state index is 0.198. The molecule has 1 aromatic heterocycles. The second-order valence-electron chi connectivity index (χ2n) is 8.88. The minimum atomic E-state index is -3.83. The topological polar surface area (TPSA) is 167 Å². The highest BCUT2D eigenvalue weighted by Gasteiger charge is 2.61. The molecule has 2 heterocycles. The molecule has 12 nitrogen and oxygen atoms in total. The van der Waals surface area contributed by atoms with E-state index in [0.717, 1.165) is 6.20 Å². The molecule has 6 atom stereocenters. The molecular formula is C22H28ClF2N4O8PS. The molecule has 0 amide bonds. The van der Waals surface area contributed by atoms with Crippen LogP contribution in [-0.4, -0.2) is 68.7 Å². The van der Waals surface area contributed by atoms with Gasteiger partial charge in [-0.25, -0.2) is 18.7 Å². The monoisotopic (exact) mass is 612 g/mol. The van der Waals surface area contributed by atoms with Crippen LogP contribution in [0.2, 0.25) is 5.02 Å². The molecule has 1 saturated heterocycles. The highest BCUT2D eigenvalue weighted by molar-refractivity contribution is 8.09. The number of halogens is 3. The number of nitrogens with two attached hydrogens (primary N) is 1. The SMILES string of the molecule is CC(C)OC(=O)C(C)NP(=S)(OCC1(C(F)F)OC(n2cc(Cl)c(N)nc2=O)C(O)C1O)Oc1ccccc1. The van der Waals surface area contributed by atoms with Crippen LogP contribution in [0.15, 0.2) is 41.3 Å². The summed E-state index contributed by atoms with van der Waals surface area (Å²) in [6.45, 7) is -0.260. The van der Waals surface area contributed by atoms with Gasteiger partial charge in [-0.3, -0.25) is 9.36 Å². The first-order valence-electron chi connectivity index (χ1n) is 11.5. The van der Waals surface area contributed by atoms with Gasteiger partial charge in [-0.15, -0.1) is 0 Å². The van der Waals surface area contributed by atoms with Gasteiger partial charge >= 0.3 is 18.3 Å². The third-order valence-corrected chi connectivity index (χ3v) is 8.29. The van der Waals surface area contributed by atoms with Crippen LogP contribution >= 0.6 is 18.2 Å². The van der Waals surface area contributed by atoms with Gasteiger partial charge in [0.05, 0.1) is 17.7 Å². The van der Waals surface area contributed by atoms with E-state index in [1.807, 2.05) is 0 Å². The predicted octanol–water partition coefficient (Wildman–Crippen LogP) is 1.98. The largest absolute Gasteiger partial charge is 0.462 e. The molecule has 1 fully saturated rings. The Hall–Kier alpha value is -2.23. The Kier molecular flexibility index (Phi) is 10.0. The van der Waals surface area contributed by atoms with E-state index >= 15 is 0 Å². The Morgan fingerprint density at radius 2 is 1.97 bits per heavy atom. The highest BCUT2D eigenvalue weighted by Crippen LogP contribution is 2.49. The van der Waals surface area contributed by atoms with Gasteiger partial charge in [-0.1, -0.05) is 29.8 Å². The van der Waals surface area contributed by atoms with E-state index in [9.17, 15) is 28.6 Å². The number of carbonyl (C=O) groups excluding carboxylic acids is 1. The summed E-state index contributed by atoms with van der Waals surface area (Å²) in [4.78, 5) is 28.2. The molecule has 3 rings (SSSR count). The fraction of sp³-hybridized carbons (Fsp3) is 0.500. The van der Waals surface area contributed by atoms with Gasteiger partial charge in [0.1, 0.15) is 29.8 Å². The molecule has 0 aliphatic carbocycles. The number of benzene rings is 1. The number of aliphatic hydroxyl groups excluding tert-OH is 2. The third kappa shape index (κ3) is 7.11. The number of nitrogens with zero attached hydrogens (tertiary/aromatic N) is 2. The Morgan fingerprint density at radius 3 is 2.56 bits per heavy atom. The van der Waals surface area contributed by atoms with Gasteiger partial charge in [0.25, 0.3) is 6.43 Å². The van der Waals surface area contributed by atoms with Crippen LogP contribution in [0, 0.1) is 0 Å². The molecule has 1 aromatic carbocycles. The third-order valence-electron chi connectivity index (χ3n) is 5.52. The smallest absolute Gasteiger partial charge is 0.351 e. The van der Waals surface area contributed by atoms with Crippen LogP contribution in [0.1, 0.15) is 27.0 Å². The average Bonchev–Trinajstić information content (AvgIpc) is 3.11. The molecule has 2 aromatic rings. The Labute approximate surface area is 232 Å². The number of rotatable bonds is 11. The first-order chi connectivity index (χ1) is 18.2. The summed E-state index contributed by atoms with van der Waals surface area (Å²) in [5, 5.41) is 23.8. The van der Waals surface area contributed by atoms with Crippen molar-refractivity contribution in [3.63, 3.8) is 0 Å². The molecule has 0 saturated carbocycles. The predicted molar refractivity (Wildman–Crippen MR) is 140 cm³/mol. The number of nitrogens with one attached hydrogen (secondary N) is 1. The van der Waals surface area contributed by atoms with Crippen molar-refractivity contribution in [2.45, 2.75) is 63.4 Å². The number of nitrogen functional groups attached to an aromatic ring is 1. The quantitative estimate of drug-likeness (QED) is 0.215. The molecule has 216 valence electrons. The van der Waals surface area contributed by atoms with E-state index < -0.39 is 67.5 Å². The van der Waals surface area contributed by atoms with Crippen molar-refractivity contribution in [1.82, 2.24) is 14.6 Å². The number of hydrogen-bond acceptors (Lipinski definition) is 11. The number of aliphatic hydroxyl groups is 2. The van der Waals surface area contributed by atoms with Gasteiger partial charge in [0, 0.05) is 6.20 Å². The molecule has 1 aliphatic rings. The molecule has 0 spiro atoms. The Morgan fingerprint density at radius 1 is 1.33 bits per heavy atom. The van der Waals surface area contributed by atoms with Crippen molar-refractivity contribution in [2.75, 3.05) is 12.3 Å². The first kappa shape index (κ1) is 31.3. The van der Waals surface area contributed by atoms with E-state index in [1.54, 1.807) is 32.0 Å². The lowest BCUT2D eigenvalue weighted by Crippen LogP contribution is -2.53. The van der Waals surface area contributed by atoms with Gasteiger partial charge < -0.3 is 34.5 Å². The molecule has 6 unspecified atom stereocenters. The maximum Gasteiger partial charge on any atom is 0.351 e. The molecule has 0 bridgehead atoms. The van der Waals surface area contributed by atoms with Crippen LogP contribution in [0.5, 0.6) is 5.75 Å². The first-order valence-corrected chi connectivity index (χ1v) is 14.5. The zero-order valence-corrected chi connectivity index (χ0v) is 23.4. The van der Waals surface area contributed by atoms with Gasteiger partial charge in [0.2, 0.25) is 0 Å². The fourth-order valence-corrected chi connectivity index (χ4v) is 6.12. The maximum atomic E-state index is 14.5. The summed E-state index contributed by atoms with van der Waals surface area (Å²) < 4.78 is 51.6. The van der Waals surface area contributed by atoms with E-state index in [2.05, 4.69) is 10.1 Å². The summed E-state index contributed by atoms with van der Waals surface area (Å²) >= 11 is 11.4. The fourth-order valence-electron chi connectivity index (χ4n) is 3.55. The molecule has 0 radical (unpaired) electrons. The minimum Gasteiger partial charge on any atom is -0.462 e. The van der Waals surface area contributed by atoms with Crippen LogP contribution < -0.4 is 21.0 Å². The molecule has 39 heavy (non-hydrogen) atoms. The summed E-state index contributed by atoms with van der Waals surface area (Å²) in [7, 11) is 0. The zero-order chi connectivity index (χ0) is 29.1. The number of aromatic nitrogens is 2. The number of carbonyl (C=O) groups is 1. The normalized spacial score (nSPS) is 25.4. The van der Waals surface area contributed by atoms with Crippen LogP contribution in [0.25, 0.3) is 0 Å². The van der Waals surface area contributed by atoms with Gasteiger partial charge in [-0.05, 0) is 44.7 Å². The average molecular weight is 613 g/mol. The second-order valence-corrected chi connectivity index (χ2v) is 12.4. The second kappa shape index (κ2) is 12.5. The Bertz CT molecular complexity index is 1280. The van der Waals surface area contributed by atoms with Crippen molar-refractivity contribution in [3.8, 4) is 5.75 Å². The standard InChI is InChI=1S/C22H28ClF2N4O8PS/c1-11(2)35-19(32)12(3)28-38(39,37-13-7-5-4-6-8-13)34-10-22(20(24)25)16(31)15(30)18(36-22)29-9-14(23)17(26)27-21(29)33/h4-9,11-12,15-16,18,20,30-31H,10H2,1-3H3,(H,28,39)(H2,26,27,33). The summed E-state index contributed by atoms with van der Waals surface area (Å²) in [5.41, 5.74) is 1.53. The van der Waals surface area contributed by atoms with Crippen molar-refractivity contribution in [1.29, 1.82) is 0 Å². The number of esters is 1. The molecular weight excluding hydrogens is 585 g/mol. The van der Waals surface area contributed by atoms with Crippen LogP contribution in [0.4, 0.5) is 14.6 Å². The zero-order valence-electron chi connectivity index (χ0n) is 20.9. The van der Waals surface area contributed by atoms with Crippen molar-refractivity contribution in [2.24, 2.45) is 0 Å². The number of ether oxygens (including phenoxy) is 2. The van der Waals surface area contributed by atoms with E-state index in [4.69, 9.17) is 47.7 Å². The van der Waals surface area contributed by atoms with Crippen LogP contribution in [-0.2, 0) is 30.6 Å². The van der Waals surface area contributed by atoms with E-state index in [1.165, 1.54) is 19.1 Å². The summed E-state index contributed by atoms with van der Waals surface area (Å²) in [6.07, 6.45) is -9.11. The number of hydrogen-bond donors (Lipinski definition) is 4. The summed E-state index contributed by atoms with van der Waals surface area (Å²) in [6, 6.07) is 6.91. The molecule has 5 N–H and O–H groups in total. The lowest BCUT2D eigenvalue weighted by atomic mass is 9.96. The highest BCUT2D eigenvalue weighted by atomic mass is 35.5. The van der Waals surface area contributed by atoms with Crippen LogP contribution in [0.3, 0.4) is 0 Å². The lowest BCUT2D eigenvalue weighted by molar-refractivity contribution is -0.192. The van der Waals surface area contributed by atoms with Crippen molar-refractivity contribution >= 4 is 41.8 Å². The lowest BCUT2D eigenvalue weighted by Gasteiger charge is -2.34.